The lowest BCUT2D eigenvalue weighted by Crippen LogP contribution is -2.47. The Morgan fingerprint density at radius 1 is 1.02 bits per heavy atom. The van der Waals surface area contributed by atoms with Crippen molar-refractivity contribution in [2.24, 2.45) is 5.41 Å². The summed E-state index contributed by atoms with van der Waals surface area (Å²) < 4.78 is 5.23. The van der Waals surface area contributed by atoms with Crippen LogP contribution in [0.15, 0.2) is 61.3 Å². The third-order valence-corrected chi connectivity index (χ3v) is 9.60. The predicted molar refractivity (Wildman–Crippen MR) is 165 cm³/mol. The molecule has 0 radical (unpaired) electrons. The van der Waals surface area contributed by atoms with Crippen LogP contribution in [-0.2, 0) is 10.3 Å². The highest BCUT2D eigenvalue weighted by Gasteiger charge is 2.42. The minimum absolute atomic E-state index is 0.199. The summed E-state index contributed by atoms with van der Waals surface area (Å²) in [5.41, 5.74) is 2.61. The standard InChI is InChI=1S/C32H40N8O3/c1-3-15-39-29(41)25-20-33-30(36-28(25)40(39)27-6-4-5-26(35-27)32(42)21-43-22-32)34-23-7-9-24(10-8-23)38-18-13-31(14-19-38)11-16-37(2)17-12-31/h3-10,20,29,41-42H,1,11-19,21-22H2,2H3,(H,33,34,36). The van der Waals surface area contributed by atoms with E-state index in [4.69, 9.17) is 14.7 Å². The van der Waals surface area contributed by atoms with Crippen molar-refractivity contribution in [3.8, 4) is 0 Å². The second-order valence-electron chi connectivity index (χ2n) is 12.4. The molecule has 4 aliphatic rings. The number of piperidine rings is 2. The first-order valence-corrected chi connectivity index (χ1v) is 15.2. The summed E-state index contributed by atoms with van der Waals surface area (Å²) in [5, 5.41) is 28.8. The summed E-state index contributed by atoms with van der Waals surface area (Å²) in [4.78, 5) is 19.0. The van der Waals surface area contributed by atoms with Crippen molar-refractivity contribution in [1.82, 2.24) is 24.9 Å². The Labute approximate surface area is 252 Å². The van der Waals surface area contributed by atoms with Crippen LogP contribution in [0.5, 0.6) is 0 Å². The number of aliphatic hydroxyl groups excluding tert-OH is 1. The van der Waals surface area contributed by atoms with Gasteiger partial charge >= 0.3 is 0 Å². The number of pyridine rings is 1. The molecule has 4 aliphatic heterocycles. The van der Waals surface area contributed by atoms with E-state index in [0.717, 1.165) is 18.8 Å². The summed E-state index contributed by atoms with van der Waals surface area (Å²) in [6, 6.07) is 13.9. The van der Waals surface area contributed by atoms with Gasteiger partial charge in [0.25, 0.3) is 0 Å². The number of nitrogens with zero attached hydrogens (tertiary/aromatic N) is 7. The predicted octanol–water partition coefficient (Wildman–Crippen LogP) is 3.69. The van der Waals surface area contributed by atoms with Gasteiger partial charge in [-0.05, 0) is 87.6 Å². The molecule has 1 atom stereocenters. The van der Waals surface area contributed by atoms with Crippen LogP contribution in [0.2, 0.25) is 0 Å². The smallest absolute Gasteiger partial charge is 0.229 e. The van der Waals surface area contributed by atoms with Crippen molar-refractivity contribution in [3.05, 3.63) is 72.6 Å². The molecule has 11 heteroatoms. The zero-order valence-corrected chi connectivity index (χ0v) is 24.7. The van der Waals surface area contributed by atoms with E-state index in [2.05, 4.69) is 58.0 Å². The lowest BCUT2D eigenvalue weighted by molar-refractivity contribution is -0.186. The molecule has 226 valence electrons. The summed E-state index contributed by atoms with van der Waals surface area (Å²) in [5.74, 6) is 1.45. The van der Waals surface area contributed by atoms with Crippen LogP contribution in [-0.4, -0.2) is 88.1 Å². The van der Waals surface area contributed by atoms with Crippen LogP contribution in [0.25, 0.3) is 0 Å². The van der Waals surface area contributed by atoms with Gasteiger partial charge in [0.15, 0.2) is 17.6 Å². The van der Waals surface area contributed by atoms with E-state index in [1.807, 2.05) is 12.1 Å². The normalized spacial score (nSPS) is 23.2. The number of rotatable bonds is 7. The van der Waals surface area contributed by atoms with E-state index >= 15 is 0 Å². The first kappa shape index (κ1) is 28.2. The molecule has 7 rings (SSSR count). The average molecular weight is 585 g/mol. The molecule has 0 bridgehead atoms. The quantitative estimate of drug-likeness (QED) is 0.354. The van der Waals surface area contributed by atoms with Crippen LogP contribution in [0.4, 0.5) is 29.0 Å². The Kier molecular flexibility index (Phi) is 7.30. The summed E-state index contributed by atoms with van der Waals surface area (Å²) in [7, 11) is 2.23. The van der Waals surface area contributed by atoms with Gasteiger partial charge in [-0.3, -0.25) is 0 Å². The van der Waals surface area contributed by atoms with Gasteiger partial charge in [0.05, 0.1) is 24.5 Å². The maximum atomic E-state index is 11.2. The van der Waals surface area contributed by atoms with Crippen molar-refractivity contribution in [2.75, 3.05) is 68.2 Å². The third-order valence-electron chi connectivity index (χ3n) is 9.60. The summed E-state index contributed by atoms with van der Waals surface area (Å²) in [6.07, 6.45) is 7.55. The van der Waals surface area contributed by atoms with Crippen molar-refractivity contribution in [2.45, 2.75) is 37.5 Å². The number of hydrogen-bond donors (Lipinski definition) is 3. The molecule has 3 saturated heterocycles. The Bertz CT molecular complexity index is 1460. The Hall–Kier alpha value is -3.61. The first-order valence-electron chi connectivity index (χ1n) is 15.2. The van der Waals surface area contributed by atoms with E-state index in [-0.39, 0.29) is 13.2 Å². The largest absolute Gasteiger partial charge is 0.379 e. The van der Waals surface area contributed by atoms with Gasteiger partial charge in [-0.2, -0.15) is 9.99 Å². The Morgan fingerprint density at radius 3 is 2.42 bits per heavy atom. The molecule has 0 amide bonds. The third kappa shape index (κ3) is 5.25. The first-order chi connectivity index (χ1) is 20.9. The summed E-state index contributed by atoms with van der Waals surface area (Å²) >= 11 is 0. The highest BCUT2D eigenvalue weighted by molar-refractivity contribution is 5.66. The maximum Gasteiger partial charge on any atom is 0.229 e. The number of ether oxygens (including phenoxy) is 1. The molecule has 0 saturated carbocycles. The van der Waals surface area contributed by atoms with Crippen molar-refractivity contribution < 1.29 is 14.9 Å². The van der Waals surface area contributed by atoms with Crippen LogP contribution in [0.1, 0.15) is 43.2 Å². The van der Waals surface area contributed by atoms with E-state index in [1.165, 1.54) is 44.5 Å². The van der Waals surface area contributed by atoms with E-state index in [0.29, 0.717) is 40.8 Å². The molecule has 3 fully saturated rings. The molecule has 6 heterocycles. The van der Waals surface area contributed by atoms with E-state index in [9.17, 15) is 10.2 Å². The molecule has 43 heavy (non-hydrogen) atoms. The topological polar surface area (TPSA) is 113 Å². The van der Waals surface area contributed by atoms with Crippen LogP contribution in [0.3, 0.4) is 0 Å². The number of aliphatic hydroxyl groups is 2. The summed E-state index contributed by atoms with van der Waals surface area (Å²) in [6.45, 7) is 9.25. The molecule has 3 N–H and O–H groups in total. The second kappa shape index (κ2) is 11.1. The molecule has 0 aliphatic carbocycles. The molecular formula is C32H40N8O3. The van der Waals surface area contributed by atoms with Crippen LogP contribution in [0, 0.1) is 5.41 Å². The van der Waals surface area contributed by atoms with Crippen LogP contribution >= 0.6 is 0 Å². The molecular weight excluding hydrogens is 544 g/mol. The zero-order valence-electron chi connectivity index (χ0n) is 24.7. The molecule has 11 nitrogen and oxygen atoms in total. The average Bonchev–Trinajstić information content (AvgIpc) is 3.29. The number of hydrogen-bond acceptors (Lipinski definition) is 11. The van der Waals surface area contributed by atoms with Gasteiger partial charge in [0.1, 0.15) is 5.82 Å². The fourth-order valence-electron chi connectivity index (χ4n) is 6.70. The van der Waals surface area contributed by atoms with Gasteiger partial charge in [-0.15, -0.1) is 6.58 Å². The molecule has 2 aromatic heterocycles. The highest BCUT2D eigenvalue weighted by Crippen LogP contribution is 2.43. The fourth-order valence-corrected chi connectivity index (χ4v) is 6.70. The number of hydrazine groups is 1. The lowest BCUT2D eigenvalue weighted by atomic mass is 9.71. The lowest BCUT2D eigenvalue weighted by Gasteiger charge is -2.46. The molecule has 1 spiro atoms. The monoisotopic (exact) mass is 584 g/mol. The van der Waals surface area contributed by atoms with Gasteiger partial charge in [-0.1, -0.05) is 12.1 Å². The Morgan fingerprint density at radius 2 is 1.74 bits per heavy atom. The maximum absolute atomic E-state index is 11.2. The van der Waals surface area contributed by atoms with Crippen molar-refractivity contribution in [3.63, 3.8) is 0 Å². The molecule has 3 aromatic rings. The van der Waals surface area contributed by atoms with Crippen molar-refractivity contribution in [1.29, 1.82) is 0 Å². The van der Waals surface area contributed by atoms with Crippen LogP contribution < -0.4 is 15.2 Å². The number of aromatic nitrogens is 3. The van der Waals surface area contributed by atoms with E-state index in [1.54, 1.807) is 28.4 Å². The van der Waals surface area contributed by atoms with Gasteiger partial charge in [-0.25, -0.2) is 15.0 Å². The van der Waals surface area contributed by atoms with Crippen molar-refractivity contribution >= 4 is 29.0 Å². The number of likely N-dealkylation sites (tertiary alicyclic amines) is 1. The number of anilines is 5. The molecule has 1 aromatic carbocycles. The molecule has 1 unspecified atom stereocenters. The second-order valence-corrected chi connectivity index (χ2v) is 12.4. The van der Waals surface area contributed by atoms with Gasteiger partial charge in [0, 0.05) is 37.2 Å². The minimum Gasteiger partial charge on any atom is -0.379 e. The Balaban J connectivity index is 1.08. The highest BCUT2D eigenvalue weighted by atomic mass is 16.5. The van der Waals surface area contributed by atoms with Gasteiger partial charge < -0.3 is 30.1 Å². The fraction of sp³-hybridized carbons (Fsp3) is 0.469. The minimum atomic E-state index is -1.12. The van der Waals surface area contributed by atoms with E-state index < -0.39 is 11.8 Å². The zero-order chi connectivity index (χ0) is 29.6. The van der Waals surface area contributed by atoms with Gasteiger partial charge in [0.2, 0.25) is 5.95 Å². The number of fused-ring (bicyclic) bond motifs is 1. The number of benzene rings is 1. The SMILES string of the molecule is C=CCN1C(O)c2cnc(Nc3ccc(N4CCC5(CCN(C)CC5)CC4)cc3)nc2N1c1cccc(C2(O)COC2)n1. The number of nitrogens with one attached hydrogen (secondary N) is 1.